The van der Waals surface area contributed by atoms with Gasteiger partial charge in [-0.05, 0) is 18.2 Å². The normalized spacial score (nSPS) is 10.3. The third kappa shape index (κ3) is 3.28. The van der Waals surface area contributed by atoms with E-state index in [1.807, 2.05) is 0 Å². The third-order valence-electron chi connectivity index (χ3n) is 2.66. The second kappa shape index (κ2) is 6.40. The highest BCUT2D eigenvalue weighted by Crippen LogP contribution is 2.27. The summed E-state index contributed by atoms with van der Waals surface area (Å²) in [6.07, 6.45) is 3.20. The van der Waals surface area contributed by atoms with Gasteiger partial charge in [-0.15, -0.1) is 0 Å². The van der Waals surface area contributed by atoms with Crippen molar-refractivity contribution in [2.24, 2.45) is 5.73 Å². The molecule has 0 aliphatic rings. The van der Waals surface area contributed by atoms with Gasteiger partial charge in [0.1, 0.15) is 11.4 Å². The van der Waals surface area contributed by atoms with E-state index in [4.69, 9.17) is 22.1 Å². The van der Waals surface area contributed by atoms with Gasteiger partial charge in [-0.25, -0.2) is 4.98 Å². The molecule has 0 aliphatic carbocycles. The lowest BCUT2D eigenvalue weighted by Crippen LogP contribution is -2.13. The van der Waals surface area contributed by atoms with Crippen LogP contribution in [0.5, 0.6) is 5.75 Å². The number of halogens is 1. The first kappa shape index (κ1) is 14.4. The molecule has 20 heavy (non-hydrogen) atoms. The number of ether oxygens (including phenoxy) is 1. The Kier molecular flexibility index (Phi) is 4.60. The molecule has 0 fully saturated rings. The number of imidazole rings is 1. The van der Waals surface area contributed by atoms with Crippen LogP contribution < -0.4 is 15.8 Å². The predicted molar refractivity (Wildman–Crippen MR) is 77.2 cm³/mol. The average molecular weight is 295 g/mol. The van der Waals surface area contributed by atoms with Crippen LogP contribution in [0.3, 0.4) is 0 Å². The minimum atomic E-state index is -0.332. The topological polar surface area (TPSA) is 82.2 Å². The van der Waals surface area contributed by atoms with Gasteiger partial charge in [0.25, 0.3) is 5.91 Å². The number of methoxy groups -OCH3 is 1. The van der Waals surface area contributed by atoms with Crippen molar-refractivity contribution in [3.05, 3.63) is 41.4 Å². The summed E-state index contributed by atoms with van der Waals surface area (Å²) < 4.78 is 6.92. The lowest BCUT2D eigenvalue weighted by Gasteiger charge is -2.09. The van der Waals surface area contributed by atoms with Gasteiger partial charge in [-0.1, -0.05) is 11.6 Å². The number of nitrogens with zero attached hydrogens (tertiary/aromatic N) is 2. The first-order chi connectivity index (χ1) is 9.63. The molecular formula is C13H15ClN4O2. The van der Waals surface area contributed by atoms with Crippen LogP contribution in [0.25, 0.3) is 0 Å². The Bertz CT molecular complexity index is 612. The molecule has 0 bridgehead atoms. The van der Waals surface area contributed by atoms with E-state index in [1.54, 1.807) is 35.3 Å². The second-order valence-corrected chi connectivity index (χ2v) is 4.52. The van der Waals surface area contributed by atoms with Crippen LogP contribution in [-0.2, 0) is 6.54 Å². The van der Waals surface area contributed by atoms with Crippen molar-refractivity contribution in [2.75, 3.05) is 19.0 Å². The van der Waals surface area contributed by atoms with Gasteiger partial charge in [-0.2, -0.15) is 0 Å². The number of aromatic nitrogens is 2. The maximum atomic E-state index is 12.1. The number of anilines is 1. The van der Waals surface area contributed by atoms with Crippen LogP contribution >= 0.6 is 11.6 Å². The summed E-state index contributed by atoms with van der Waals surface area (Å²) in [5.41, 5.74) is 6.25. The highest BCUT2D eigenvalue weighted by atomic mass is 35.5. The van der Waals surface area contributed by atoms with Crippen molar-refractivity contribution in [3.8, 4) is 5.75 Å². The molecule has 2 aromatic rings. The summed E-state index contributed by atoms with van der Waals surface area (Å²) in [5.74, 6) is 0.200. The molecule has 1 amide bonds. The molecule has 3 N–H and O–H groups in total. The fraction of sp³-hybridized carbons (Fsp3) is 0.231. The maximum absolute atomic E-state index is 12.1. The highest BCUT2D eigenvalue weighted by Gasteiger charge is 2.12. The monoisotopic (exact) mass is 294 g/mol. The van der Waals surface area contributed by atoms with Crippen molar-refractivity contribution in [3.63, 3.8) is 0 Å². The zero-order chi connectivity index (χ0) is 14.5. The van der Waals surface area contributed by atoms with E-state index in [9.17, 15) is 4.79 Å². The fourth-order valence-electron chi connectivity index (χ4n) is 1.71. The van der Waals surface area contributed by atoms with E-state index < -0.39 is 0 Å². The van der Waals surface area contributed by atoms with Gasteiger partial charge in [-0.3, -0.25) is 4.79 Å². The standard InChI is InChI=1S/C13H15ClN4O2/c1-20-12-3-2-9(14)6-10(12)17-13(19)11-7-18(5-4-15)8-16-11/h2-3,6-8H,4-5,15H2,1H3,(H,17,19). The number of carbonyl (C=O) groups is 1. The number of nitrogens with one attached hydrogen (secondary N) is 1. The number of hydrogen-bond donors (Lipinski definition) is 2. The quantitative estimate of drug-likeness (QED) is 0.880. The van der Waals surface area contributed by atoms with E-state index >= 15 is 0 Å². The van der Waals surface area contributed by atoms with Crippen LogP contribution in [0.1, 0.15) is 10.5 Å². The first-order valence-electron chi connectivity index (χ1n) is 6.00. The average Bonchev–Trinajstić information content (AvgIpc) is 2.88. The van der Waals surface area contributed by atoms with E-state index in [0.29, 0.717) is 35.2 Å². The van der Waals surface area contributed by atoms with Crippen LogP contribution in [0, 0.1) is 0 Å². The van der Waals surface area contributed by atoms with Crippen molar-refractivity contribution >= 4 is 23.2 Å². The summed E-state index contributed by atoms with van der Waals surface area (Å²) in [6, 6.07) is 4.99. The smallest absolute Gasteiger partial charge is 0.275 e. The van der Waals surface area contributed by atoms with Gasteiger partial charge in [0.2, 0.25) is 0 Å². The largest absolute Gasteiger partial charge is 0.495 e. The van der Waals surface area contributed by atoms with Crippen LogP contribution in [0.15, 0.2) is 30.7 Å². The predicted octanol–water partition coefficient (Wildman–Crippen LogP) is 1.76. The number of rotatable bonds is 5. The van der Waals surface area contributed by atoms with Crippen molar-refractivity contribution in [1.29, 1.82) is 0 Å². The molecule has 0 saturated carbocycles. The maximum Gasteiger partial charge on any atom is 0.275 e. The number of nitrogens with two attached hydrogens (primary N) is 1. The number of amides is 1. The Morgan fingerprint density at radius 3 is 3.05 bits per heavy atom. The van der Waals surface area contributed by atoms with Crippen molar-refractivity contribution in [1.82, 2.24) is 9.55 Å². The van der Waals surface area contributed by atoms with Crippen LogP contribution in [0.2, 0.25) is 5.02 Å². The van der Waals surface area contributed by atoms with Gasteiger partial charge in [0, 0.05) is 24.3 Å². The lowest BCUT2D eigenvalue weighted by atomic mass is 10.3. The van der Waals surface area contributed by atoms with E-state index in [0.717, 1.165) is 0 Å². The molecule has 1 heterocycles. The van der Waals surface area contributed by atoms with E-state index in [1.165, 1.54) is 7.11 Å². The lowest BCUT2D eigenvalue weighted by molar-refractivity contribution is 0.102. The zero-order valence-corrected chi connectivity index (χ0v) is 11.7. The Hall–Kier alpha value is -2.05. The molecule has 0 radical (unpaired) electrons. The Balaban J connectivity index is 2.16. The van der Waals surface area contributed by atoms with Crippen molar-refractivity contribution < 1.29 is 9.53 Å². The Labute approximate surface area is 121 Å². The number of carbonyl (C=O) groups excluding carboxylic acids is 1. The molecule has 0 saturated heterocycles. The van der Waals surface area contributed by atoms with Crippen molar-refractivity contribution in [2.45, 2.75) is 6.54 Å². The van der Waals surface area contributed by atoms with E-state index in [-0.39, 0.29) is 5.91 Å². The minimum Gasteiger partial charge on any atom is -0.495 e. The minimum absolute atomic E-state index is 0.306. The molecule has 0 aliphatic heterocycles. The number of benzene rings is 1. The highest BCUT2D eigenvalue weighted by molar-refractivity contribution is 6.31. The van der Waals surface area contributed by atoms with Gasteiger partial charge < -0.3 is 20.4 Å². The molecule has 0 unspecified atom stereocenters. The van der Waals surface area contributed by atoms with Crippen LogP contribution in [0.4, 0.5) is 5.69 Å². The number of hydrogen-bond acceptors (Lipinski definition) is 4. The fourth-order valence-corrected chi connectivity index (χ4v) is 1.89. The third-order valence-corrected chi connectivity index (χ3v) is 2.90. The molecule has 1 aromatic heterocycles. The summed E-state index contributed by atoms with van der Waals surface area (Å²) in [7, 11) is 1.52. The second-order valence-electron chi connectivity index (χ2n) is 4.08. The molecule has 2 rings (SSSR count). The van der Waals surface area contributed by atoms with E-state index in [2.05, 4.69) is 10.3 Å². The van der Waals surface area contributed by atoms with Gasteiger partial charge in [0.15, 0.2) is 0 Å². The summed E-state index contributed by atoms with van der Waals surface area (Å²) >= 11 is 5.91. The Morgan fingerprint density at radius 2 is 2.35 bits per heavy atom. The summed E-state index contributed by atoms with van der Waals surface area (Å²) in [5, 5.41) is 3.23. The molecular weight excluding hydrogens is 280 g/mol. The Morgan fingerprint density at radius 1 is 1.55 bits per heavy atom. The first-order valence-corrected chi connectivity index (χ1v) is 6.38. The molecule has 0 spiro atoms. The molecule has 1 aromatic carbocycles. The zero-order valence-electron chi connectivity index (χ0n) is 11.0. The molecule has 6 nitrogen and oxygen atoms in total. The van der Waals surface area contributed by atoms with Crippen LogP contribution in [-0.4, -0.2) is 29.1 Å². The molecule has 0 atom stereocenters. The summed E-state index contributed by atoms with van der Waals surface area (Å²) in [4.78, 5) is 16.1. The SMILES string of the molecule is COc1ccc(Cl)cc1NC(=O)c1cn(CCN)cn1. The van der Waals surface area contributed by atoms with Gasteiger partial charge in [0.05, 0.1) is 19.1 Å². The summed E-state index contributed by atoms with van der Waals surface area (Å²) in [6.45, 7) is 1.10. The van der Waals surface area contributed by atoms with Gasteiger partial charge >= 0.3 is 0 Å². The molecule has 7 heteroatoms. The molecule has 106 valence electrons.